The van der Waals surface area contributed by atoms with Gasteiger partial charge in [-0.3, -0.25) is 10.1 Å². The first kappa shape index (κ1) is 33.1. The second-order valence-corrected chi connectivity index (χ2v) is 11.8. The number of benzene rings is 2. The van der Waals surface area contributed by atoms with Gasteiger partial charge in [0.05, 0.1) is 29.3 Å². The minimum absolute atomic E-state index is 0.0410. The van der Waals surface area contributed by atoms with Crippen molar-refractivity contribution in [2.45, 2.75) is 105 Å². The summed E-state index contributed by atoms with van der Waals surface area (Å²) >= 11 is 0. The number of rotatable bonds is 9. The van der Waals surface area contributed by atoms with Crippen LogP contribution in [0, 0.1) is 35.8 Å². The zero-order chi connectivity index (χ0) is 30.6. The molecule has 2 saturated carbocycles. The highest BCUT2D eigenvalue weighted by molar-refractivity contribution is 5.93. The Kier molecular flexibility index (Phi) is 12.8. The van der Waals surface area contributed by atoms with E-state index < -0.39 is 5.97 Å². The van der Waals surface area contributed by atoms with E-state index in [1.54, 1.807) is 26.0 Å². The summed E-state index contributed by atoms with van der Waals surface area (Å²) in [7, 11) is 0. The predicted molar refractivity (Wildman–Crippen MR) is 166 cm³/mol. The molecule has 0 spiro atoms. The first-order chi connectivity index (χ1) is 20.1. The molecule has 0 unspecified atom stereocenters. The molecule has 2 N–H and O–H groups in total. The van der Waals surface area contributed by atoms with Gasteiger partial charge in [-0.2, -0.15) is 0 Å². The van der Waals surface area contributed by atoms with Crippen molar-refractivity contribution in [1.82, 2.24) is 0 Å². The summed E-state index contributed by atoms with van der Waals surface area (Å²) in [5.74, 6) is 0.493. The van der Waals surface area contributed by atoms with Crippen molar-refractivity contribution in [3.63, 3.8) is 0 Å². The second kappa shape index (κ2) is 16.3. The summed E-state index contributed by atoms with van der Waals surface area (Å²) < 4.78 is 10.0. The molecule has 0 radical (unpaired) electrons. The number of esters is 2. The topological polar surface area (TPSA) is 122 Å². The molecule has 0 heterocycles. The molecule has 230 valence electrons. The maximum atomic E-state index is 11.9. The van der Waals surface area contributed by atoms with E-state index in [0.29, 0.717) is 23.7 Å². The van der Waals surface area contributed by atoms with Gasteiger partial charge in [0.1, 0.15) is 0 Å². The van der Waals surface area contributed by atoms with Crippen molar-refractivity contribution in [2.24, 2.45) is 11.8 Å². The minimum atomic E-state index is -0.493. The number of nitrogens with zero attached hydrogens (tertiary/aromatic N) is 1. The average Bonchev–Trinajstić information content (AvgIpc) is 2.96. The van der Waals surface area contributed by atoms with Gasteiger partial charge in [-0.1, -0.05) is 70.3 Å². The summed E-state index contributed by atoms with van der Waals surface area (Å²) in [4.78, 5) is 34.7. The molecule has 42 heavy (non-hydrogen) atoms. The van der Waals surface area contributed by atoms with E-state index in [2.05, 4.69) is 6.07 Å². The lowest BCUT2D eigenvalue weighted by Crippen LogP contribution is -2.13. The highest BCUT2D eigenvalue weighted by Gasteiger charge is 2.24. The van der Waals surface area contributed by atoms with Crippen LogP contribution in [0.3, 0.4) is 0 Å². The van der Waals surface area contributed by atoms with Gasteiger partial charge < -0.3 is 15.2 Å². The SMILES string of the molecule is CCOC(=O)c1cc(N)c(CC2CCCCC2)cc1C.CCOC(=O)c1cc([N+](=O)[O-])c(CC2CCCCC2)cc1C. The van der Waals surface area contributed by atoms with Gasteiger partial charge in [0, 0.05) is 17.3 Å². The van der Waals surface area contributed by atoms with Crippen molar-refractivity contribution in [1.29, 1.82) is 0 Å². The van der Waals surface area contributed by atoms with E-state index in [1.807, 2.05) is 13.8 Å². The highest BCUT2D eigenvalue weighted by Crippen LogP contribution is 2.32. The van der Waals surface area contributed by atoms with Gasteiger partial charge in [0.15, 0.2) is 0 Å². The largest absolute Gasteiger partial charge is 0.462 e. The third kappa shape index (κ3) is 9.30. The monoisotopic (exact) mass is 580 g/mol. The number of nitrogens with two attached hydrogens (primary N) is 1. The van der Waals surface area contributed by atoms with E-state index in [0.717, 1.165) is 54.0 Å². The zero-order valence-electron chi connectivity index (χ0n) is 25.8. The highest BCUT2D eigenvalue weighted by atomic mass is 16.6. The minimum Gasteiger partial charge on any atom is -0.462 e. The molecular formula is C34H48N2O6. The molecule has 4 rings (SSSR count). The Morgan fingerprint density at radius 1 is 0.762 bits per heavy atom. The number of nitro groups is 1. The lowest BCUT2D eigenvalue weighted by molar-refractivity contribution is -0.385. The van der Waals surface area contributed by atoms with Gasteiger partial charge in [-0.05, 0) is 81.2 Å². The number of hydrogen-bond acceptors (Lipinski definition) is 7. The molecule has 0 aromatic heterocycles. The molecule has 0 amide bonds. The van der Waals surface area contributed by atoms with Crippen molar-refractivity contribution >= 4 is 23.3 Å². The molecule has 0 bridgehead atoms. The van der Waals surface area contributed by atoms with Crippen molar-refractivity contribution in [2.75, 3.05) is 18.9 Å². The van der Waals surface area contributed by atoms with Crippen LogP contribution in [0.4, 0.5) is 11.4 Å². The van der Waals surface area contributed by atoms with Gasteiger partial charge in [-0.25, -0.2) is 9.59 Å². The smallest absolute Gasteiger partial charge is 0.338 e. The Bertz CT molecular complexity index is 1230. The summed E-state index contributed by atoms with van der Waals surface area (Å²) in [6.07, 6.45) is 14.4. The molecule has 0 saturated heterocycles. The first-order valence-electron chi connectivity index (χ1n) is 15.7. The second-order valence-electron chi connectivity index (χ2n) is 11.8. The third-order valence-corrected chi connectivity index (χ3v) is 8.57. The van der Waals surface area contributed by atoms with Crippen molar-refractivity contribution < 1.29 is 24.0 Å². The van der Waals surface area contributed by atoms with E-state index in [-0.39, 0.29) is 23.2 Å². The molecule has 2 fully saturated rings. The number of carbonyl (C=O) groups is 2. The van der Waals surface area contributed by atoms with Crippen LogP contribution >= 0.6 is 0 Å². The molecule has 0 aliphatic heterocycles. The Labute approximate surface area is 250 Å². The lowest BCUT2D eigenvalue weighted by atomic mass is 9.84. The number of hydrogen-bond donors (Lipinski definition) is 1. The van der Waals surface area contributed by atoms with Gasteiger partial charge in [0.25, 0.3) is 5.69 Å². The van der Waals surface area contributed by atoms with Crippen molar-refractivity contribution in [3.05, 3.63) is 67.8 Å². The van der Waals surface area contributed by atoms with Crippen LogP contribution in [0.5, 0.6) is 0 Å². The molecular weight excluding hydrogens is 532 g/mol. The standard InChI is InChI=1S/C17H23NO4.C17H25NO2/c1-3-22-17(19)15-11-16(18(20)21)14(9-12(15)2)10-13-7-5-4-6-8-13;1-3-20-17(19)15-11-16(18)14(9-12(15)2)10-13-7-5-4-6-8-13/h9,11,13H,3-8,10H2,1-2H3;9,11,13H,3-8,10,18H2,1-2H3. The lowest BCUT2D eigenvalue weighted by Gasteiger charge is -2.22. The van der Waals surface area contributed by atoms with E-state index in [9.17, 15) is 19.7 Å². The molecule has 2 aliphatic rings. The molecule has 0 atom stereocenters. The third-order valence-electron chi connectivity index (χ3n) is 8.57. The average molecular weight is 581 g/mol. The van der Waals surface area contributed by atoms with Crippen LogP contribution in [0.15, 0.2) is 24.3 Å². The quantitative estimate of drug-likeness (QED) is 0.138. The molecule has 2 aromatic rings. The van der Waals surface area contributed by atoms with Crippen LogP contribution in [-0.4, -0.2) is 30.1 Å². The Balaban J connectivity index is 0.000000231. The number of nitrogen functional groups attached to an aromatic ring is 1. The van der Waals surface area contributed by atoms with Crippen LogP contribution in [-0.2, 0) is 22.3 Å². The molecule has 2 aromatic carbocycles. The zero-order valence-corrected chi connectivity index (χ0v) is 25.8. The van der Waals surface area contributed by atoms with Crippen LogP contribution < -0.4 is 5.73 Å². The fourth-order valence-electron chi connectivity index (χ4n) is 6.31. The summed E-state index contributed by atoms with van der Waals surface area (Å²) in [5, 5.41) is 11.4. The number of ether oxygens (including phenoxy) is 2. The summed E-state index contributed by atoms with van der Waals surface area (Å²) in [6, 6.07) is 7.02. The fourth-order valence-corrected chi connectivity index (χ4v) is 6.31. The van der Waals surface area contributed by atoms with E-state index >= 15 is 0 Å². The fraction of sp³-hybridized carbons (Fsp3) is 0.588. The normalized spacial score (nSPS) is 15.8. The first-order valence-corrected chi connectivity index (χ1v) is 15.7. The molecule has 2 aliphatic carbocycles. The van der Waals surface area contributed by atoms with Crippen LogP contribution in [0.2, 0.25) is 0 Å². The maximum absolute atomic E-state index is 11.9. The van der Waals surface area contributed by atoms with E-state index in [1.165, 1.54) is 63.0 Å². The number of nitro benzene ring substituents is 1. The van der Waals surface area contributed by atoms with Gasteiger partial charge in [0.2, 0.25) is 0 Å². The van der Waals surface area contributed by atoms with Gasteiger partial charge in [-0.15, -0.1) is 0 Å². The Morgan fingerprint density at radius 3 is 1.64 bits per heavy atom. The van der Waals surface area contributed by atoms with Crippen molar-refractivity contribution in [3.8, 4) is 0 Å². The Hall–Kier alpha value is -3.42. The summed E-state index contributed by atoms with van der Waals surface area (Å²) in [6.45, 7) is 7.95. The maximum Gasteiger partial charge on any atom is 0.338 e. The van der Waals surface area contributed by atoms with E-state index in [4.69, 9.17) is 15.2 Å². The van der Waals surface area contributed by atoms with Crippen LogP contribution in [0.25, 0.3) is 0 Å². The molecule has 8 heteroatoms. The van der Waals surface area contributed by atoms with Gasteiger partial charge >= 0.3 is 11.9 Å². The number of carbonyl (C=O) groups excluding carboxylic acids is 2. The Morgan fingerprint density at radius 2 is 1.19 bits per heavy atom. The number of aryl methyl sites for hydroxylation is 2. The number of anilines is 1. The molecule has 8 nitrogen and oxygen atoms in total. The summed E-state index contributed by atoms with van der Waals surface area (Å²) in [5.41, 5.74) is 11.4. The van der Waals surface area contributed by atoms with Crippen LogP contribution in [0.1, 0.15) is 121 Å². The predicted octanol–water partition coefficient (Wildman–Crippen LogP) is 8.08.